The highest BCUT2D eigenvalue weighted by atomic mass is 16.5. The Kier molecular flexibility index (Phi) is 9.37. The molecule has 1 aliphatic rings. The van der Waals surface area contributed by atoms with Crippen LogP contribution in [0, 0.1) is 12.8 Å². The molecular weight excluding hydrogens is 448 g/mol. The van der Waals surface area contributed by atoms with Crippen molar-refractivity contribution >= 4 is 23.9 Å². The zero-order chi connectivity index (χ0) is 25.2. The lowest BCUT2D eigenvalue weighted by Gasteiger charge is -2.26. The van der Waals surface area contributed by atoms with E-state index >= 15 is 0 Å². The fourth-order valence-electron chi connectivity index (χ4n) is 3.44. The van der Waals surface area contributed by atoms with E-state index in [2.05, 4.69) is 15.8 Å². The molecule has 0 aromatic heterocycles. The highest BCUT2D eigenvalue weighted by molar-refractivity contribution is 5.97. The number of hydrazone groups is 1. The molecule has 0 spiro atoms. The summed E-state index contributed by atoms with van der Waals surface area (Å²) in [6.07, 6.45) is 1.48. The van der Waals surface area contributed by atoms with E-state index in [1.165, 1.54) is 6.21 Å². The quantitative estimate of drug-likeness (QED) is 0.422. The SMILES string of the molecule is Cc1ccc(C(=O)NC(C(=O)NN=Cc2cccc(OCC(=O)N3CCOCC3)c2)C(C)C)cc1. The summed E-state index contributed by atoms with van der Waals surface area (Å²) in [5, 5.41) is 6.80. The average Bonchev–Trinajstić information content (AvgIpc) is 2.86. The van der Waals surface area contributed by atoms with E-state index < -0.39 is 11.9 Å². The average molecular weight is 481 g/mol. The molecule has 1 heterocycles. The second-order valence-electron chi connectivity index (χ2n) is 8.65. The van der Waals surface area contributed by atoms with Gasteiger partial charge in [0.2, 0.25) is 0 Å². The maximum absolute atomic E-state index is 12.7. The normalized spacial score (nSPS) is 14.6. The Hall–Kier alpha value is -3.72. The van der Waals surface area contributed by atoms with Gasteiger partial charge in [0, 0.05) is 18.7 Å². The largest absolute Gasteiger partial charge is 0.484 e. The molecule has 1 fully saturated rings. The molecule has 1 saturated heterocycles. The first-order chi connectivity index (χ1) is 16.8. The minimum Gasteiger partial charge on any atom is -0.484 e. The Morgan fingerprint density at radius 2 is 1.83 bits per heavy atom. The standard InChI is InChI=1S/C26H32N4O5/c1-18(2)24(28-25(32)21-9-7-19(3)8-10-21)26(33)29-27-16-20-5-4-6-22(15-20)35-17-23(31)30-11-13-34-14-12-30/h4-10,15-16,18,24H,11-14,17H2,1-3H3,(H,28,32)(H,29,33). The molecule has 0 saturated carbocycles. The van der Waals surface area contributed by atoms with Crippen LogP contribution in [0.4, 0.5) is 0 Å². The van der Waals surface area contributed by atoms with Gasteiger partial charge >= 0.3 is 0 Å². The molecule has 2 aromatic carbocycles. The fourth-order valence-corrected chi connectivity index (χ4v) is 3.44. The molecule has 0 bridgehead atoms. The van der Waals surface area contributed by atoms with E-state index in [1.54, 1.807) is 41.3 Å². The fraction of sp³-hybridized carbons (Fsp3) is 0.385. The molecule has 1 atom stereocenters. The van der Waals surface area contributed by atoms with Crippen LogP contribution in [0.2, 0.25) is 0 Å². The van der Waals surface area contributed by atoms with Crippen LogP contribution in [-0.2, 0) is 14.3 Å². The topological polar surface area (TPSA) is 109 Å². The highest BCUT2D eigenvalue weighted by Crippen LogP contribution is 2.13. The van der Waals surface area contributed by atoms with Crippen LogP contribution in [0.5, 0.6) is 5.75 Å². The Morgan fingerprint density at radius 1 is 1.11 bits per heavy atom. The number of hydrogen-bond donors (Lipinski definition) is 2. The molecule has 2 N–H and O–H groups in total. The van der Waals surface area contributed by atoms with Crippen molar-refractivity contribution in [1.82, 2.24) is 15.6 Å². The third kappa shape index (κ3) is 7.92. The smallest absolute Gasteiger partial charge is 0.262 e. The molecule has 9 heteroatoms. The van der Waals surface area contributed by atoms with Crippen LogP contribution in [-0.4, -0.2) is 67.8 Å². The van der Waals surface area contributed by atoms with Crippen molar-refractivity contribution in [3.05, 3.63) is 65.2 Å². The first-order valence-electron chi connectivity index (χ1n) is 11.6. The van der Waals surface area contributed by atoms with Crippen LogP contribution in [0.3, 0.4) is 0 Å². The number of ether oxygens (including phenoxy) is 2. The van der Waals surface area contributed by atoms with Crippen LogP contribution < -0.4 is 15.5 Å². The molecule has 2 aromatic rings. The van der Waals surface area contributed by atoms with Gasteiger partial charge in [-0.1, -0.05) is 43.7 Å². The number of carbonyl (C=O) groups excluding carboxylic acids is 3. The summed E-state index contributed by atoms with van der Waals surface area (Å²) in [6, 6.07) is 13.4. The minimum absolute atomic E-state index is 0.0614. The van der Waals surface area contributed by atoms with Crippen molar-refractivity contribution < 1.29 is 23.9 Å². The number of nitrogens with one attached hydrogen (secondary N) is 2. The number of aryl methyl sites for hydroxylation is 1. The predicted molar refractivity (Wildman–Crippen MR) is 132 cm³/mol. The summed E-state index contributed by atoms with van der Waals surface area (Å²) >= 11 is 0. The third-order valence-corrected chi connectivity index (χ3v) is 5.52. The highest BCUT2D eigenvalue weighted by Gasteiger charge is 2.24. The molecule has 0 radical (unpaired) electrons. The number of benzene rings is 2. The Labute approximate surface area is 205 Å². The van der Waals surface area contributed by atoms with Crippen LogP contribution in [0.15, 0.2) is 53.6 Å². The molecule has 0 aliphatic carbocycles. The van der Waals surface area contributed by atoms with Gasteiger partial charge in [0.1, 0.15) is 11.8 Å². The summed E-state index contributed by atoms with van der Waals surface area (Å²) < 4.78 is 10.9. The van der Waals surface area contributed by atoms with Crippen molar-refractivity contribution in [3.8, 4) is 5.75 Å². The second kappa shape index (κ2) is 12.7. The zero-order valence-electron chi connectivity index (χ0n) is 20.3. The van der Waals surface area contributed by atoms with Crippen molar-refractivity contribution in [2.24, 2.45) is 11.0 Å². The van der Waals surface area contributed by atoms with Crippen molar-refractivity contribution in [2.45, 2.75) is 26.8 Å². The minimum atomic E-state index is -0.748. The van der Waals surface area contributed by atoms with Gasteiger partial charge in [-0.2, -0.15) is 5.10 Å². The monoisotopic (exact) mass is 480 g/mol. The van der Waals surface area contributed by atoms with Gasteiger partial charge in [-0.3, -0.25) is 14.4 Å². The molecule has 3 rings (SSSR count). The maximum atomic E-state index is 12.7. The Bertz CT molecular complexity index is 1050. The van der Waals surface area contributed by atoms with Gasteiger partial charge in [-0.05, 0) is 42.7 Å². The van der Waals surface area contributed by atoms with E-state index in [4.69, 9.17) is 9.47 Å². The third-order valence-electron chi connectivity index (χ3n) is 5.52. The lowest BCUT2D eigenvalue weighted by molar-refractivity contribution is -0.137. The first-order valence-corrected chi connectivity index (χ1v) is 11.6. The molecule has 9 nitrogen and oxygen atoms in total. The zero-order valence-corrected chi connectivity index (χ0v) is 20.3. The van der Waals surface area contributed by atoms with E-state index in [-0.39, 0.29) is 24.3 Å². The maximum Gasteiger partial charge on any atom is 0.262 e. The predicted octanol–water partition coefficient (Wildman–Crippen LogP) is 2.14. The summed E-state index contributed by atoms with van der Waals surface area (Å²) in [4.78, 5) is 39.2. The summed E-state index contributed by atoms with van der Waals surface area (Å²) in [7, 11) is 0. The van der Waals surface area contributed by atoms with E-state index in [0.29, 0.717) is 43.2 Å². The van der Waals surface area contributed by atoms with Gasteiger partial charge in [0.05, 0.1) is 19.4 Å². The Balaban J connectivity index is 1.53. The number of carbonyl (C=O) groups is 3. The number of morpholine rings is 1. The lowest BCUT2D eigenvalue weighted by Crippen LogP contribution is -2.48. The van der Waals surface area contributed by atoms with Crippen molar-refractivity contribution in [3.63, 3.8) is 0 Å². The van der Waals surface area contributed by atoms with Gasteiger partial charge in [-0.25, -0.2) is 5.43 Å². The first kappa shape index (κ1) is 25.9. The number of rotatable bonds is 9. The van der Waals surface area contributed by atoms with Gasteiger partial charge in [-0.15, -0.1) is 0 Å². The van der Waals surface area contributed by atoms with Crippen LogP contribution in [0.1, 0.15) is 35.3 Å². The van der Waals surface area contributed by atoms with E-state index in [0.717, 1.165) is 5.56 Å². The molecular formula is C26H32N4O5. The summed E-state index contributed by atoms with van der Waals surface area (Å²) in [6.45, 7) is 7.79. The summed E-state index contributed by atoms with van der Waals surface area (Å²) in [5.74, 6) is -0.445. The number of amides is 3. The molecule has 1 aliphatic heterocycles. The number of nitrogens with zero attached hydrogens (tertiary/aromatic N) is 2. The van der Waals surface area contributed by atoms with Crippen molar-refractivity contribution in [1.29, 1.82) is 0 Å². The van der Waals surface area contributed by atoms with Crippen molar-refractivity contribution in [2.75, 3.05) is 32.9 Å². The molecule has 35 heavy (non-hydrogen) atoms. The molecule has 3 amide bonds. The van der Waals surface area contributed by atoms with E-state index in [1.807, 2.05) is 32.9 Å². The van der Waals surface area contributed by atoms with Crippen LogP contribution >= 0.6 is 0 Å². The van der Waals surface area contributed by atoms with Gasteiger partial charge < -0.3 is 19.7 Å². The van der Waals surface area contributed by atoms with Crippen LogP contribution in [0.25, 0.3) is 0 Å². The van der Waals surface area contributed by atoms with Gasteiger partial charge in [0.25, 0.3) is 17.7 Å². The molecule has 186 valence electrons. The second-order valence-corrected chi connectivity index (χ2v) is 8.65. The van der Waals surface area contributed by atoms with E-state index in [9.17, 15) is 14.4 Å². The summed E-state index contributed by atoms with van der Waals surface area (Å²) in [5.41, 5.74) is 4.72. The Morgan fingerprint density at radius 3 is 2.51 bits per heavy atom. The number of hydrogen-bond acceptors (Lipinski definition) is 6. The van der Waals surface area contributed by atoms with Gasteiger partial charge in [0.15, 0.2) is 6.61 Å². The lowest BCUT2D eigenvalue weighted by atomic mass is 10.0. The molecule has 1 unspecified atom stereocenters.